The fourth-order valence-electron chi connectivity index (χ4n) is 2.98. The summed E-state index contributed by atoms with van der Waals surface area (Å²) in [6.45, 7) is 1.68. The summed E-state index contributed by atoms with van der Waals surface area (Å²) in [6.07, 6.45) is 0.741. The van der Waals surface area contributed by atoms with Crippen molar-refractivity contribution < 1.29 is 33.9 Å². The molecule has 2 N–H and O–H groups in total. The highest BCUT2D eigenvalue weighted by Crippen LogP contribution is 2.34. The molecule has 1 unspecified atom stereocenters. The first-order valence-corrected chi connectivity index (χ1v) is 11.3. The first kappa shape index (κ1) is 25.6. The number of hydrogen-bond donors (Lipinski definition) is 2. The molecule has 1 atom stereocenters. The van der Waals surface area contributed by atoms with Gasteiger partial charge in [0.15, 0.2) is 21.9 Å². The Labute approximate surface area is 208 Å². The number of ether oxygens (including phenoxy) is 2. The molecule has 3 rings (SSSR count). The van der Waals surface area contributed by atoms with Crippen LogP contribution in [0.5, 0.6) is 11.5 Å². The van der Waals surface area contributed by atoms with Crippen molar-refractivity contribution in [1.29, 1.82) is 0 Å². The number of methoxy groups -OCH3 is 1. The molecule has 1 saturated heterocycles. The molecule has 0 bridgehead atoms. The van der Waals surface area contributed by atoms with E-state index >= 15 is 0 Å². The van der Waals surface area contributed by atoms with Gasteiger partial charge in [-0.25, -0.2) is 4.79 Å². The van der Waals surface area contributed by atoms with Crippen LogP contribution in [0.2, 0.25) is 0 Å². The summed E-state index contributed by atoms with van der Waals surface area (Å²) in [7, 11) is 1.40. The first-order valence-electron chi connectivity index (χ1n) is 10.1. The smallest absolute Gasteiger partial charge is 0.344 e. The maximum absolute atomic E-state index is 12.8. The fraction of sp³-hybridized carbons (Fsp3) is 0.182. The number of thiocarbonyl (C=S) groups is 1. The third kappa shape index (κ3) is 5.94. The molecule has 1 fully saturated rings. The number of amides is 2. The van der Waals surface area contributed by atoms with Crippen molar-refractivity contribution in [3.05, 3.63) is 68.6 Å². The molecule has 11 nitrogen and oxygen atoms in total. The summed E-state index contributed by atoms with van der Waals surface area (Å²) >= 11 is 6.16. The predicted octanol–water partition coefficient (Wildman–Crippen LogP) is 3.39. The van der Waals surface area contributed by atoms with Crippen LogP contribution in [-0.2, 0) is 9.59 Å². The zero-order valence-corrected chi connectivity index (χ0v) is 20.1. The minimum Gasteiger partial charge on any atom is -0.493 e. The Morgan fingerprint density at radius 2 is 2.03 bits per heavy atom. The van der Waals surface area contributed by atoms with Gasteiger partial charge in [-0.2, -0.15) is 5.01 Å². The quantitative estimate of drug-likeness (QED) is 0.219. The zero-order chi connectivity index (χ0) is 25.7. The number of rotatable bonds is 9. The Balaban J connectivity index is 1.78. The van der Waals surface area contributed by atoms with Gasteiger partial charge in [0.2, 0.25) is 0 Å². The summed E-state index contributed by atoms with van der Waals surface area (Å²) in [5, 5.41) is 21.0. The van der Waals surface area contributed by atoms with E-state index in [4.69, 9.17) is 21.7 Å². The number of carboxylic acid groups (broad SMARTS) is 1. The van der Waals surface area contributed by atoms with Crippen LogP contribution in [0.25, 0.3) is 6.08 Å². The van der Waals surface area contributed by atoms with E-state index in [0.717, 1.165) is 22.8 Å². The lowest BCUT2D eigenvalue weighted by Crippen LogP contribution is -2.44. The predicted molar refractivity (Wildman–Crippen MR) is 131 cm³/mol. The average molecular weight is 518 g/mol. The van der Waals surface area contributed by atoms with E-state index in [9.17, 15) is 29.6 Å². The molecule has 13 heteroatoms. The lowest BCUT2D eigenvalue weighted by atomic mass is 10.1. The van der Waals surface area contributed by atoms with Gasteiger partial charge in [0, 0.05) is 17.7 Å². The second-order valence-electron chi connectivity index (χ2n) is 7.03. The molecule has 2 aromatic carbocycles. The van der Waals surface area contributed by atoms with Gasteiger partial charge in [0.1, 0.15) is 0 Å². The van der Waals surface area contributed by atoms with Gasteiger partial charge in [-0.15, -0.1) is 0 Å². The van der Waals surface area contributed by atoms with Gasteiger partial charge < -0.3 is 14.6 Å². The van der Waals surface area contributed by atoms with Gasteiger partial charge in [-0.1, -0.05) is 30.8 Å². The number of thioether (sulfide) groups is 1. The summed E-state index contributed by atoms with van der Waals surface area (Å²) in [5.74, 6) is -1.92. The van der Waals surface area contributed by atoms with Crippen molar-refractivity contribution in [2.75, 3.05) is 7.11 Å². The number of nitro groups is 1. The number of nitro benzene ring substituents is 1. The Bertz CT molecular complexity index is 1250. The molecule has 2 amide bonds. The van der Waals surface area contributed by atoms with Gasteiger partial charge in [-0.3, -0.25) is 25.1 Å². The molecule has 0 radical (unpaired) electrons. The lowest BCUT2D eigenvalue weighted by Gasteiger charge is -2.16. The van der Waals surface area contributed by atoms with E-state index in [1.165, 1.54) is 37.5 Å². The average Bonchev–Trinajstić information content (AvgIpc) is 3.09. The molecule has 1 aliphatic rings. The Kier molecular flexibility index (Phi) is 8.04. The number of aliphatic carboxylic acids is 1. The molecular weight excluding hydrogens is 498 g/mol. The van der Waals surface area contributed by atoms with Crippen LogP contribution in [0, 0.1) is 10.1 Å². The number of benzene rings is 2. The van der Waals surface area contributed by atoms with Crippen LogP contribution < -0.4 is 14.9 Å². The second-order valence-corrected chi connectivity index (χ2v) is 8.70. The highest BCUT2D eigenvalue weighted by Gasteiger charge is 2.34. The van der Waals surface area contributed by atoms with Crippen molar-refractivity contribution in [2.24, 2.45) is 0 Å². The SMILES string of the molecule is CCC(Oc1ccc(/C=C2/SC(=S)N(NC(=O)c3cccc([N+](=O)[O-])c3)C2=O)cc1OC)C(=O)O. The highest BCUT2D eigenvalue weighted by atomic mass is 32.2. The maximum atomic E-state index is 12.8. The molecule has 1 aliphatic heterocycles. The zero-order valence-electron chi connectivity index (χ0n) is 18.4. The fourth-order valence-corrected chi connectivity index (χ4v) is 4.15. The monoisotopic (exact) mass is 517 g/mol. The Hall–Kier alpha value is -3.97. The molecule has 35 heavy (non-hydrogen) atoms. The minimum atomic E-state index is -1.10. The third-order valence-corrected chi connectivity index (χ3v) is 6.03. The molecule has 182 valence electrons. The Morgan fingerprint density at radius 1 is 1.29 bits per heavy atom. The number of hydrogen-bond acceptors (Lipinski definition) is 9. The molecule has 2 aromatic rings. The summed E-state index contributed by atoms with van der Waals surface area (Å²) in [6, 6.07) is 9.77. The Morgan fingerprint density at radius 3 is 2.66 bits per heavy atom. The number of non-ortho nitro benzene ring substituents is 1. The van der Waals surface area contributed by atoms with Crippen molar-refractivity contribution in [3.8, 4) is 11.5 Å². The summed E-state index contributed by atoms with van der Waals surface area (Å²) < 4.78 is 10.9. The molecule has 0 aliphatic carbocycles. The number of nitrogens with zero attached hydrogens (tertiary/aromatic N) is 2. The maximum Gasteiger partial charge on any atom is 0.344 e. The van der Waals surface area contributed by atoms with Crippen LogP contribution in [0.1, 0.15) is 29.3 Å². The number of hydrazine groups is 1. The van der Waals surface area contributed by atoms with E-state index in [-0.39, 0.29) is 38.4 Å². The topological polar surface area (TPSA) is 148 Å². The molecule has 0 aromatic heterocycles. The molecule has 0 spiro atoms. The van der Waals surface area contributed by atoms with Crippen molar-refractivity contribution in [1.82, 2.24) is 10.4 Å². The lowest BCUT2D eigenvalue weighted by molar-refractivity contribution is -0.384. The van der Waals surface area contributed by atoms with Gasteiger partial charge >= 0.3 is 5.97 Å². The third-order valence-electron chi connectivity index (χ3n) is 4.73. The molecule has 1 heterocycles. The normalized spacial score (nSPS) is 15.1. The largest absolute Gasteiger partial charge is 0.493 e. The van der Waals surface area contributed by atoms with E-state index < -0.39 is 28.8 Å². The van der Waals surface area contributed by atoms with Crippen molar-refractivity contribution in [2.45, 2.75) is 19.4 Å². The van der Waals surface area contributed by atoms with Gasteiger partial charge in [0.25, 0.3) is 17.5 Å². The van der Waals surface area contributed by atoms with Gasteiger partial charge in [-0.05, 0) is 48.5 Å². The minimum absolute atomic E-state index is 0.00991. The first-order chi connectivity index (χ1) is 16.6. The second kappa shape index (κ2) is 11.0. The van der Waals surface area contributed by atoms with Crippen molar-refractivity contribution in [3.63, 3.8) is 0 Å². The molecule has 0 saturated carbocycles. The van der Waals surface area contributed by atoms with Gasteiger partial charge in [0.05, 0.1) is 16.9 Å². The number of carbonyl (C=O) groups excluding carboxylic acids is 2. The van der Waals surface area contributed by atoms with E-state index in [0.29, 0.717) is 5.56 Å². The number of carbonyl (C=O) groups is 3. The van der Waals surface area contributed by atoms with E-state index in [1.807, 2.05) is 0 Å². The van der Waals surface area contributed by atoms with E-state index in [2.05, 4.69) is 5.43 Å². The van der Waals surface area contributed by atoms with E-state index in [1.54, 1.807) is 19.1 Å². The van der Waals surface area contributed by atoms with Crippen LogP contribution in [-0.4, -0.2) is 50.4 Å². The standard InChI is InChI=1S/C22H19N3O8S2/c1-3-15(21(28)29)33-16-8-7-12(9-17(16)32-2)10-18-20(27)24(22(34)35-18)23-19(26)13-5-4-6-14(11-13)25(30)31/h4-11,15H,3H2,1-2H3,(H,23,26)(H,28,29)/b18-10+. The summed E-state index contributed by atoms with van der Waals surface area (Å²) in [5.41, 5.74) is 2.63. The highest BCUT2D eigenvalue weighted by molar-refractivity contribution is 8.26. The van der Waals surface area contributed by atoms with Crippen LogP contribution >= 0.6 is 24.0 Å². The van der Waals surface area contributed by atoms with Crippen LogP contribution in [0.3, 0.4) is 0 Å². The van der Waals surface area contributed by atoms with Crippen LogP contribution in [0.15, 0.2) is 47.4 Å². The number of carboxylic acids is 1. The molecular formula is C22H19N3O8S2. The number of nitrogens with one attached hydrogen (secondary N) is 1. The van der Waals surface area contributed by atoms with Crippen LogP contribution in [0.4, 0.5) is 5.69 Å². The summed E-state index contributed by atoms with van der Waals surface area (Å²) in [4.78, 5) is 47.1. The van der Waals surface area contributed by atoms with Crippen molar-refractivity contribution >= 4 is 57.8 Å².